The summed E-state index contributed by atoms with van der Waals surface area (Å²) in [6, 6.07) is 3.48. The molecule has 1 aromatic carbocycles. The van der Waals surface area contributed by atoms with Crippen molar-refractivity contribution in [1.82, 2.24) is 9.80 Å². The van der Waals surface area contributed by atoms with Gasteiger partial charge in [-0.15, -0.1) is 0 Å². The van der Waals surface area contributed by atoms with Crippen LogP contribution in [0.4, 0.5) is 9.18 Å². The first-order valence-electron chi connectivity index (χ1n) is 11.7. The first-order chi connectivity index (χ1) is 15.0. The first kappa shape index (κ1) is 23.0. The molecule has 0 aromatic heterocycles. The Morgan fingerprint density at radius 1 is 1.16 bits per heavy atom. The van der Waals surface area contributed by atoms with Gasteiger partial charge >= 0.3 is 12.1 Å². The van der Waals surface area contributed by atoms with E-state index in [1.165, 1.54) is 13.2 Å². The third kappa shape index (κ3) is 4.36. The van der Waals surface area contributed by atoms with Crippen LogP contribution in [0.3, 0.4) is 0 Å². The van der Waals surface area contributed by atoms with Gasteiger partial charge in [-0.05, 0) is 77.5 Å². The number of carbonyl (C=O) groups is 2. The third-order valence-electron chi connectivity index (χ3n) is 7.38. The predicted octanol–water partition coefficient (Wildman–Crippen LogP) is 4.71. The molecule has 2 aliphatic heterocycles. The monoisotopic (exact) mass is 446 g/mol. The molecule has 1 unspecified atom stereocenters. The maximum absolute atomic E-state index is 15.0. The molecular formula is C25H35FN2O4. The van der Waals surface area contributed by atoms with Crippen molar-refractivity contribution in [3.05, 3.63) is 34.6 Å². The zero-order valence-electron chi connectivity index (χ0n) is 19.9. The van der Waals surface area contributed by atoms with Gasteiger partial charge in [-0.1, -0.05) is 0 Å². The fourth-order valence-electron chi connectivity index (χ4n) is 5.77. The van der Waals surface area contributed by atoms with E-state index in [9.17, 15) is 14.0 Å². The molecule has 6 nitrogen and oxygen atoms in total. The molecule has 1 saturated carbocycles. The van der Waals surface area contributed by atoms with Crippen LogP contribution in [0.15, 0.2) is 12.1 Å². The molecule has 32 heavy (non-hydrogen) atoms. The summed E-state index contributed by atoms with van der Waals surface area (Å²) in [5.41, 5.74) is 1.65. The number of hydrogen-bond donors (Lipinski definition) is 0. The molecule has 2 fully saturated rings. The van der Waals surface area contributed by atoms with Gasteiger partial charge in [0.05, 0.1) is 12.7 Å². The van der Waals surface area contributed by atoms with Crippen LogP contribution in [0.5, 0.6) is 0 Å². The van der Waals surface area contributed by atoms with Crippen LogP contribution in [0.25, 0.3) is 0 Å². The minimum absolute atomic E-state index is 0.0239. The third-order valence-corrected chi connectivity index (χ3v) is 7.38. The van der Waals surface area contributed by atoms with Gasteiger partial charge in [-0.2, -0.15) is 0 Å². The Hall–Kier alpha value is -2.15. The maximum atomic E-state index is 15.0. The summed E-state index contributed by atoms with van der Waals surface area (Å²) in [5, 5.41) is 0. The zero-order chi connectivity index (χ0) is 23.3. The molecule has 1 aromatic rings. The maximum Gasteiger partial charge on any atom is 0.410 e. The number of methoxy groups -OCH3 is 1. The number of fused-ring (bicyclic) bond motifs is 1. The van der Waals surface area contributed by atoms with Crippen molar-refractivity contribution in [3.63, 3.8) is 0 Å². The number of ether oxygens (including phenoxy) is 2. The number of hydrogen-bond acceptors (Lipinski definition) is 5. The standard InChI is InChI=1S/C25H35FN2O4/c1-16-21-17(12-18(13-20(21)26)22(29)31-5)8-11-28(16)19-6-9-25(10-7-19)14-27(15-25)23(30)32-24(2,3)4/h12-13,16,19H,6-11,14-15H2,1-5H3. The summed E-state index contributed by atoms with van der Waals surface area (Å²) < 4.78 is 25.2. The number of nitrogens with zero attached hydrogens (tertiary/aromatic N) is 2. The van der Waals surface area contributed by atoms with Crippen molar-refractivity contribution < 1.29 is 23.5 Å². The fourth-order valence-corrected chi connectivity index (χ4v) is 5.77. The lowest BCUT2D eigenvalue weighted by molar-refractivity contribution is -0.0612. The molecule has 7 heteroatoms. The van der Waals surface area contributed by atoms with Crippen molar-refractivity contribution in [2.24, 2.45) is 5.41 Å². The summed E-state index contributed by atoms with van der Waals surface area (Å²) >= 11 is 0. The number of esters is 1. The Balaban J connectivity index is 1.37. The average molecular weight is 447 g/mol. The van der Waals surface area contributed by atoms with Crippen LogP contribution < -0.4 is 0 Å². The highest BCUT2D eigenvalue weighted by molar-refractivity contribution is 5.89. The van der Waals surface area contributed by atoms with Gasteiger partial charge in [0.1, 0.15) is 11.4 Å². The van der Waals surface area contributed by atoms with Crippen molar-refractivity contribution >= 4 is 12.1 Å². The predicted molar refractivity (Wildman–Crippen MR) is 119 cm³/mol. The van der Waals surface area contributed by atoms with Gasteiger partial charge in [0.25, 0.3) is 0 Å². The minimum Gasteiger partial charge on any atom is -0.465 e. The van der Waals surface area contributed by atoms with E-state index < -0.39 is 11.6 Å². The van der Waals surface area contributed by atoms with E-state index in [1.54, 1.807) is 6.07 Å². The van der Waals surface area contributed by atoms with Gasteiger partial charge < -0.3 is 14.4 Å². The lowest BCUT2D eigenvalue weighted by Gasteiger charge is -2.54. The van der Waals surface area contributed by atoms with Crippen molar-refractivity contribution in [3.8, 4) is 0 Å². The second kappa shape index (κ2) is 8.32. The molecule has 1 aliphatic carbocycles. The smallest absolute Gasteiger partial charge is 0.410 e. The molecule has 3 aliphatic rings. The quantitative estimate of drug-likeness (QED) is 0.616. The van der Waals surface area contributed by atoms with Crippen molar-refractivity contribution in [2.45, 2.75) is 77.5 Å². The summed E-state index contributed by atoms with van der Waals surface area (Å²) in [5.74, 6) is -0.820. The lowest BCUT2D eigenvalue weighted by Crippen LogP contribution is -2.61. The Morgan fingerprint density at radius 3 is 2.41 bits per heavy atom. The molecule has 4 rings (SSSR count). The van der Waals surface area contributed by atoms with E-state index >= 15 is 0 Å². The highest BCUT2D eigenvalue weighted by Gasteiger charge is 2.49. The first-order valence-corrected chi connectivity index (χ1v) is 11.7. The molecular weight excluding hydrogens is 411 g/mol. The number of carbonyl (C=O) groups excluding carboxylic acids is 2. The number of rotatable bonds is 2. The second-order valence-corrected chi connectivity index (χ2v) is 10.8. The van der Waals surface area contributed by atoms with Crippen molar-refractivity contribution in [1.29, 1.82) is 0 Å². The molecule has 1 atom stereocenters. The van der Waals surface area contributed by atoms with Crippen LogP contribution in [0, 0.1) is 11.2 Å². The van der Waals surface area contributed by atoms with Gasteiger partial charge in [-0.3, -0.25) is 4.90 Å². The van der Waals surface area contributed by atoms with E-state index in [0.29, 0.717) is 11.6 Å². The molecule has 176 valence electrons. The molecule has 1 saturated heterocycles. The van der Waals surface area contributed by atoms with Gasteiger partial charge in [0.15, 0.2) is 0 Å². The second-order valence-electron chi connectivity index (χ2n) is 10.8. The molecule has 1 amide bonds. The van der Waals surface area contributed by atoms with Crippen LogP contribution in [-0.4, -0.2) is 60.2 Å². The molecule has 0 N–H and O–H groups in total. The fraction of sp³-hybridized carbons (Fsp3) is 0.680. The minimum atomic E-state index is -0.500. The SMILES string of the molecule is COC(=O)c1cc(F)c2c(c1)CCN(C1CCC3(CC1)CN(C(=O)OC(C)(C)C)C3)C2C. The Labute approximate surface area is 190 Å². The van der Waals surface area contributed by atoms with Gasteiger partial charge in [-0.25, -0.2) is 14.0 Å². The number of likely N-dealkylation sites (tertiary alicyclic amines) is 1. The molecule has 0 radical (unpaired) electrons. The summed E-state index contributed by atoms with van der Waals surface area (Å²) in [6.45, 7) is 10.2. The van der Waals surface area contributed by atoms with Crippen LogP contribution in [-0.2, 0) is 15.9 Å². The highest BCUT2D eigenvalue weighted by atomic mass is 19.1. The van der Waals surface area contributed by atoms with Crippen LogP contribution in [0.2, 0.25) is 0 Å². The van der Waals surface area contributed by atoms with Gasteiger partial charge in [0.2, 0.25) is 0 Å². The summed E-state index contributed by atoms with van der Waals surface area (Å²) in [6.07, 6.45) is 4.80. The molecule has 2 heterocycles. The number of benzene rings is 1. The molecule has 0 bridgehead atoms. The normalized spacial score (nSPS) is 23.4. The highest BCUT2D eigenvalue weighted by Crippen LogP contribution is 2.47. The summed E-state index contributed by atoms with van der Waals surface area (Å²) in [4.78, 5) is 28.4. The van der Waals surface area contributed by atoms with Crippen LogP contribution >= 0.6 is 0 Å². The zero-order valence-corrected chi connectivity index (χ0v) is 19.9. The van der Waals surface area contributed by atoms with E-state index in [1.807, 2.05) is 25.7 Å². The average Bonchev–Trinajstić information content (AvgIpc) is 2.70. The van der Waals surface area contributed by atoms with Crippen molar-refractivity contribution in [2.75, 3.05) is 26.7 Å². The van der Waals surface area contributed by atoms with E-state index in [4.69, 9.17) is 9.47 Å². The Bertz CT molecular complexity index is 894. The Kier molecular flexibility index (Phi) is 5.99. The van der Waals surface area contributed by atoms with Gasteiger partial charge in [0, 0.05) is 42.7 Å². The lowest BCUT2D eigenvalue weighted by atomic mass is 9.67. The topological polar surface area (TPSA) is 59.1 Å². The Morgan fingerprint density at radius 2 is 1.81 bits per heavy atom. The van der Waals surface area contributed by atoms with E-state index in [-0.39, 0.29) is 28.9 Å². The van der Waals surface area contributed by atoms with E-state index in [0.717, 1.165) is 57.3 Å². The number of amides is 1. The number of halogens is 1. The molecule has 1 spiro atoms. The van der Waals surface area contributed by atoms with E-state index in [2.05, 4.69) is 11.8 Å². The largest absolute Gasteiger partial charge is 0.465 e. The van der Waals surface area contributed by atoms with Crippen LogP contribution in [0.1, 0.15) is 80.9 Å². The summed E-state index contributed by atoms with van der Waals surface area (Å²) in [7, 11) is 1.31.